The summed E-state index contributed by atoms with van der Waals surface area (Å²) in [4.78, 5) is 16.9. The summed E-state index contributed by atoms with van der Waals surface area (Å²) in [5.41, 5.74) is 0. The molecule has 0 radical (unpaired) electrons. The van der Waals surface area contributed by atoms with Crippen LogP contribution in [-0.4, -0.2) is 34.0 Å². The Morgan fingerprint density at radius 2 is 2.24 bits per heavy atom. The minimum absolute atomic E-state index is 0.0251. The van der Waals surface area contributed by atoms with Gasteiger partial charge in [-0.15, -0.1) is 0 Å². The predicted octanol–water partition coefficient (Wildman–Crippen LogP) is 3.12. The van der Waals surface area contributed by atoms with E-state index in [1.165, 1.54) is 11.8 Å². The topological polar surface area (TPSA) is 66.6 Å². The SMILES string of the molecule is CCCN(CC(=O)O)Cc1ccc(Sc2ccccn2)o1. The van der Waals surface area contributed by atoms with Crippen LogP contribution >= 0.6 is 11.8 Å². The summed E-state index contributed by atoms with van der Waals surface area (Å²) in [7, 11) is 0. The van der Waals surface area contributed by atoms with Gasteiger partial charge in [-0.25, -0.2) is 4.98 Å². The first kappa shape index (κ1) is 15.6. The molecule has 0 aliphatic heterocycles. The summed E-state index contributed by atoms with van der Waals surface area (Å²) in [5, 5.41) is 10.5. The van der Waals surface area contributed by atoms with Gasteiger partial charge in [0.15, 0.2) is 5.09 Å². The second-order valence-corrected chi connectivity index (χ2v) is 5.62. The van der Waals surface area contributed by atoms with Crippen LogP contribution in [0.15, 0.2) is 51.1 Å². The van der Waals surface area contributed by atoms with Crippen molar-refractivity contribution in [2.24, 2.45) is 0 Å². The lowest BCUT2D eigenvalue weighted by Gasteiger charge is -2.17. The summed E-state index contributed by atoms with van der Waals surface area (Å²) >= 11 is 1.45. The van der Waals surface area contributed by atoms with Gasteiger partial charge in [0.05, 0.1) is 13.1 Å². The first-order valence-electron chi connectivity index (χ1n) is 6.79. The molecule has 0 saturated heterocycles. The van der Waals surface area contributed by atoms with Crippen molar-refractivity contribution in [1.82, 2.24) is 9.88 Å². The van der Waals surface area contributed by atoms with Crippen molar-refractivity contribution in [3.8, 4) is 0 Å². The van der Waals surface area contributed by atoms with Gasteiger partial charge in [-0.1, -0.05) is 13.0 Å². The number of carboxylic acids is 1. The van der Waals surface area contributed by atoms with Crippen molar-refractivity contribution in [2.75, 3.05) is 13.1 Å². The Bertz CT molecular complexity index is 571. The second kappa shape index (κ2) is 7.85. The van der Waals surface area contributed by atoms with E-state index in [0.717, 1.165) is 28.8 Å². The molecule has 0 aromatic carbocycles. The first-order valence-corrected chi connectivity index (χ1v) is 7.60. The van der Waals surface area contributed by atoms with Crippen LogP contribution < -0.4 is 0 Å². The molecule has 112 valence electrons. The molecule has 2 rings (SSSR count). The van der Waals surface area contributed by atoms with Crippen molar-refractivity contribution >= 4 is 17.7 Å². The highest BCUT2D eigenvalue weighted by molar-refractivity contribution is 7.99. The molecular formula is C15H18N2O3S. The molecule has 0 atom stereocenters. The molecule has 1 N–H and O–H groups in total. The van der Waals surface area contributed by atoms with E-state index in [1.807, 2.05) is 42.2 Å². The summed E-state index contributed by atoms with van der Waals surface area (Å²) in [6.07, 6.45) is 2.64. The van der Waals surface area contributed by atoms with E-state index >= 15 is 0 Å². The Balaban J connectivity index is 1.96. The standard InChI is InChI=1S/C15H18N2O3S/c1-2-9-17(11-14(18)19)10-12-6-7-15(20-12)21-13-5-3-4-8-16-13/h3-8H,2,9-11H2,1H3,(H,18,19). The maximum atomic E-state index is 10.8. The fourth-order valence-electron chi connectivity index (χ4n) is 1.95. The van der Waals surface area contributed by atoms with Crippen molar-refractivity contribution in [2.45, 2.75) is 30.0 Å². The number of rotatable bonds is 8. The number of nitrogens with zero attached hydrogens (tertiary/aromatic N) is 2. The maximum Gasteiger partial charge on any atom is 0.317 e. The zero-order chi connectivity index (χ0) is 15.1. The van der Waals surface area contributed by atoms with Crippen molar-refractivity contribution in [3.63, 3.8) is 0 Å². The number of pyridine rings is 1. The van der Waals surface area contributed by atoms with Gasteiger partial charge in [0.25, 0.3) is 0 Å². The molecule has 0 spiro atoms. The van der Waals surface area contributed by atoms with E-state index in [-0.39, 0.29) is 6.54 Å². The van der Waals surface area contributed by atoms with Gasteiger partial charge in [-0.2, -0.15) is 0 Å². The Morgan fingerprint density at radius 3 is 2.90 bits per heavy atom. The monoisotopic (exact) mass is 306 g/mol. The van der Waals surface area contributed by atoms with Crippen LogP contribution in [-0.2, 0) is 11.3 Å². The first-order chi connectivity index (χ1) is 10.2. The third kappa shape index (κ3) is 5.24. The van der Waals surface area contributed by atoms with Crippen molar-refractivity contribution in [3.05, 3.63) is 42.3 Å². The molecule has 2 aromatic rings. The smallest absolute Gasteiger partial charge is 0.317 e. The molecule has 0 aliphatic rings. The van der Waals surface area contributed by atoms with E-state index in [1.54, 1.807) is 6.20 Å². The van der Waals surface area contributed by atoms with Crippen LogP contribution in [0, 0.1) is 0 Å². The van der Waals surface area contributed by atoms with Gasteiger partial charge in [0.2, 0.25) is 0 Å². The van der Waals surface area contributed by atoms with Crippen LogP contribution in [0.2, 0.25) is 0 Å². The molecule has 6 heteroatoms. The Morgan fingerprint density at radius 1 is 1.38 bits per heavy atom. The number of furan rings is 1. The van der Waals surface area contributed by atoms with E-state index in [2.05, 4.69) is 4.98 Å². The molecule has 0 saturated carbocycles. The number of hydrogen-bond acceptors (Lipinski definition) is 5. The van der Waals surface area contributed by atoms with Gasteiger partial charge in [0.1, 0.15) is 10.8 Å². The predicted molar refractivity (Wildman–Crippen MR) is 80.3 cm³/mol. The third-order valence-electron chi connectivity index (χ3n) is 2.76. The molecule has 0 bridgehead atoms. The number of carboxylic acid groups (broad SMARTS) is 1. The van der Waals surface area contributed by atoms with Crippen molar-refractivity contribution in [1.29, 1.82) is 0 Å². The molecule has 5 nitrogen and oxygen atoms in total. The van der Waals surface area contributed by atoms with Crippen LogP contribution in [0.3, 0.4) is 0 Å². The fourth-order valence-corrected chi connectivity index (χ4v) is 2.70. The van der Waals surface area contributed by atoms with Crippen LogP contribution in [0.5, 0.6) is 0 Å². The lowest BCUT2D eigenvalue weighted by Crippen LogP contribution is -2.29. The van der Waals surface area contributed by atoms with Crippen molar-refractivity contribution < 1.29 is 14.3 Å². The zero-order valence-electron chi connectivity index (χ0n) is 11.9. The van der Waals surface area contributed by atoms with Crippen LogP contribution in [0.25, 0.3) is 0 Å². The minimum atomic E-state index is -0.821. The van der Waals surface area contributed by atoms with E-state index < -0.39 is 5.97 Å². The molecule has 0 aliphatic carbocycles. The van der Waals surface area contributed by atoms with Crippen LogP contribution in [0.1, 0.15) is 19.1 Å². The van der Waals surface area contributed by atoms with E-state index in [0.29, 0.717) is 6.54 Å². The summed E-state index contributed by atoms with van der Waals surface area (Å²) in [6, 6.07) is 9.48. The van der Waals surface area contributed by atoms with E-state index in [9.17, 15) is 4.79 Å². The lowest BCUT2D eigenvalue weighted by atomic mass is 10.3. The third-order valence-corrected chi connectivity index (χ3v) is 3.63. The highest BCUT2D eigenvalue weighted by Gasteiger charge is 2.12. The van der Waals surface area contributed by atoms with Gasteiger partial charge in [-0.05, 0) is 49.0 Å². The second-order valence-electron chi connectivity index (χ2n) is 4.60. The molecule has 21 heavy (non-hydrogen) atoms. The molecular weight excluding hydrogens is 288 g/mol. The zero-order valence-corrected chi connectivity index (χ0v) is 12.7. The average Bonchev–Trinajstić information content (AvgIpc) is 2.86. The quantitative estimate of drug-likeness (QED) is 0.808. The fraction of sp³-hybridized carbons (Fsp3) is 0.333. The number of hydrogen-bond donors (Lipinski definition) is 1. The average molecular weight is 306 g/mol. The van der Waals surface area contributed by atoms with Gasteiger partial charge >= 0.3 is 5.97 Å². The number of aromatic nitrogens is 1. The normalized spacial score (nSPS) is 11.0. The largest absolute Gasteiger partial charge is 0.480 e. The van der Waals surface area contributed by atoms with Gasteiger partial charge in [-0.3, -0.25) is 9.69 Å². The summed E-state index contributed by atoms with van der Waals surface area (Å²) in [6.45, 7) is 3.29. The molecule has 0 amide bonds. The maximum absolute atomic E-state index is 10.8. The Kier molecular flexibility index (Phi) is 5.83. The summed E-state index contributed by atoms with van der Waals surface area (Å²) in [5.74, 6) is -0.0544. The number of carbonyl (C=O) groups is 1. The summed E-state index contributed by atoms with van der Waals surface area (Å²) < 4.78 is 5.73. The molecule has 2 heterocycles. The van der Waals surface area contributed by atoms with Gasteiger partial charge in [0, 0.05) is 6.20 Å². The van der Waals surface area contributed by atoms with Gasteiger partial charge < -0.3 is 9.52 Å². The minimum Gasteiger partial charge on any atom is -0.480 e. The highest BCUT2D eigenvalue weighted by atomic mass is 32.2. The Hall–Kier alpha value is -1.79. The van der Waals surface area contributed by atoms with Crippen LogP contribution in [0.4, 0.5) is 0 Å². The molecule has 2 aromatic heterocycles. The number of aliphatic carboxylic acids is 1. The van der Waals surface area contributed by atoms with E-state index in [4.69, 9.17) is 9.52 Å². The lowest BCUT2D eigenvalue weighted by molar-refractivity contribution is -0.138. The highest BCUT2D eigenvalue weighted by Crippen LogP contribution is 2.27. The molecule has 0 fully saturated rings. The molecule has 0 unspecified atom stereocenters. The Labute approximate surface area is 128 Å².